The van der Waals surface area contributed by atoms with Crippen molar-refractivity contribution >= 4 is 11.6 Å². The highest BCUT2D eigenvalue weighted by Gasteiger charge is 2.39. The summed E-state index contributed by atoms with van der Waals surface area (Å²) in [5.41, 5.74) is -0.543. The lowest BCUT2D eigenvalue weighted by molar-refractivity contribution is -0.207. The normalized spacial score (nSPS) is 13.1. The van der Waals surface area contributed by atoms with Crippen LogP contribution in [0.3, 0.4) is 0 Å². The van der Waals surface area contributed by atoms with Gasteiger partial charge in [-0.1, -0.05) is 11.6 Å². The lowest BCUT2D eigenvalue weighted by atomic mass is 10.2. The van der Waals surface area contributed by atoms with Gasteiger partial charge >= 0.3 is 11.9 Å². The van der Waals surface area contributed by atoms with Crippen LogP contribution in [0.25, 0.3) is 11.4 Å². The van der Waals surface area contributed by atoms with Crippen LogP contribution in [0.2, 0.25) is 5.02 Å². The highest BCUT2D eigenvalue weighted by molar-refractivity contribution is 6.30. The van der Waals surface area contributed by atoms with E-state index in [-0.39, 0.29) is 24.0 Å². The van der Waals surface area contributed by atoms with Crippen LogP contribution < -0.4 is 5.69 Å². The van der Waals surface area contributed by atoms with Crippen molar-refractivity contribution in [2.75, 3.05) is 0 Å². The number of aliphatic hydroxyl groups excluding tert-OH is 2. The van der Waals surface area contributed by atoms with E-state index in [0.29, 0.717) is 10.6 Å². The van der Waals surface area contributed by atoms with Crippen LogP contribution >= 0.6 is 11.6 Å². The summed E-state index contributed by atoms with van der Waals surface area (Å²) >= 11 is 5.82. The fourth-order valence-corrected chi connectivity index (χ4v) is 2.54. The molecule has 0 aliphatic rings. The minimum atomic E-state index is -4.90. The number of hydrogen-bond donors (Lipinski definition) is 3. The molecule has 0 radical (unpaired) electrons. The van der Waals surface area contributed by atoms with Crippen LogP contribution in [0, 0.1) is 0 Å². The molecule has 0 aliphatic carbocycles. The summed E-state index contributed by atoms with van der Waals surface area (Å²) in [6.45, 7) is -1.67. The van der Waals surface area contributed by atoms with Crippen molar-refractivity contribution in [3.63, 3.8) is 0 Å². The molecule has 1 atom stereocenters. The Morgan fingerprint density at radius 1 is 1.25 bits per heavy atom. The van der Waals surface area contributed by atoms with Gasteiger partial charge in [-0.25, -0.2) is 14.5 Å². The van der Waals surface area contributed by atoms with Gasteiger partial charge in [-0.05, 0) is 24.3 Å². The van der Waals surface area contributed by atoms with Crippen LogP contribution in [0.15, 0.2) is 29.1 Å². The predicted octanol–water partition coefficient (Wildman–Crippen LogP) is 0.947. The molecule has 150 valence electrons. The number of aromatic nitrogens is 6. The monoisotopic (exact) mass is 418 g/mol. The molecule has 3 rings (SSSR count). The Morgan fingerprint density at radius 2 is 1.93 bits per heavy atom. The Hall–Kier alpha value is -2.70. The first-order valence-corrected chi connectivity index (χ1v) is 8.26. The van der Waals surface area contributed by atoms with Crippen LogP contribution in [0.1, 0.15) is 11.6 Å². The van der Waals surface area contributed by atoms with Crippen molar-refractivity contribution in [2.24, 2.45) is 0 Å². The van der Waals surface area contributed by atoms with Crippen molar-refractivity contribution < 1.29 is 23.4 Å². The maximum absolute atomic E-state index is 12.8. The first-order chi connectivity index (χ1) is 13.2. The Labute approximate surface area is 160 Å². The second-order valence-electron chi connectivity index (χ2n) is 5.80. The summed E-state index contributed by atoms with van der Waals surface area (Å²) < 4.78 is 40.0. The molecule has 0 amide bonds. The first kappa shape index (κ1) is 20.0. The molecule has 0 fully saturated rings. The number of aliphatic hydroxyl groups is 2. The zero-order valence-corrected chi connectivity index (χ0v) is 14.8. The number of halogens is 4. The molecular formula is C15H14ClF3N6O3. The maximum Gasteiger partial charge on any atom is 0.416 e. The van der Waals surface area contributed by atoms with Crippen LogP contribution in [0.5, 0.6) is 0 Å². The second kappa shape index (κ2) is 7.73. The van der Waals surface area contributed by atoms with E-state index in [4.69, 9.17) is 16.7 Å². The Balaban J connectivity index is 2.03. The van der Waals surface area contributed by atoms with Gasteiger partial charge in [0.25, 0.3) is 0 Å². The number of alkyl halides is 3. The van der Waals surface area contributed by atoms with Gasteiger partial charge in [-0.2, -0.15) is 18.3 Å². The number of benzene rings is 1. The van der Waals surface area contributed by atoms with E-state index in [1.165, 1.54) is 24.3 Å². The van der Waals surface area contributed by atoms with Crippen molar-refractivity contribution in [2.45, 2.75) is 32.0 Å². The fourth-order valence-electron chi connectivity index (χ4n) is 2.42. The highest BCUT2D eigenvalue weighted by Crippen LogP contribution is 2.24. The molecule has 0 saturated carbocycles. The quantitative estimate of drug-likeness (QED) is 0.548. The van der Waals surface area contributed by atoms with Gasteiger partial charge < -0.3 is 10.2 Å². The molecule has 2 heterocycles. The minimum absolute atomic E-state index is 0.0770. The molecule has 0 aliphatic heterocycles. The zero-order chi connectivity index (χ0) is 20.5. The molecular weight excluding hydrogens is 405 g/mol. The van der Waals surface area contributed by atoms with E-state index in [0.717, 1.165) is 9.25 Å². The standard InChI is InChI=1S/C15H14ClF3N6O3/c16-9-3-1-8(2-4-9)13-23-25(6-11-20-12(7-26)22-21-11)14(28)24(13)5-10(27)15(17,18)19/h1-4,10,26-27H,5-7H2,(H,20,21,22)/t10-/m0/s1. The molecule has 2 aromatic heterocycles. The van der Waals surface area contributed by atoms with Gasteiger partial charge in [0.2, 0.25) is 0 Å². The average Bonchev–Trinajstić information content (AvgIpc) is 3.21. The first-order valence-electron chi connectivity index (χ1n) is 7.88. The van der Waals surface area contributed by atoms with Gasteiger partial charge in [0, 0.05) is 10.6 Å². The largest absolute Gasteiger partial charge is 0.416 e. The molecule has 0 saturated heterocycles. The van der Waals surface area contributed by atoms with E-state index in [1.54, 1.807) is 0 Å². The minimum Gasteiger partial charge on any atom is -0.388 e. The topological polar surface area (TPSA) is 122 Å². The molecule has 28 heavy (non-hydrogen) atoms. The van der Waals surface area contributed by atoms with E-state index in [1.807, 2.05) is 0 Å². The molecule has 3 N–H and O–H groups in total. The average molecular weight is 419 g/mol. The lowest BCUT2D eigenvalue weighted by Gasteiger charge is -2.15. The van der Waals surface area contributed by atoms with Crippen molar-refractivity contribution in [1.29, 1.82) is 0 Å². The SMILES string of the molecule is O=c1n(Cc2nc(CO)n[nH]2)nc(-c2ccc(Cl)cc2)n1C[C@H](O)C(F)(F)F. The number of nitrogens with one attached hydrogen (secondary N) is 1. The fraction of sp³-hybridized carbons (Fsp3) is 0.333. The third kappa shape index (κ3) is 4.24. The number of nitrogens with zero attached hydrogens (tertiary/aromatic N) is 5. The van der Waals surface area contributed by atoms with E-state index in [2.05, 4.69) is 20.3 Å². The summed E-state index contributed by atoms with van der Waals surface area (Å²) in [7, 11) is 0. The summed E-state index contributed by atoms with van der Waals surface area (Å²) in [6.07, 6.45) is -7.65. The Morgan fingerprint density at radius 3 is 2.50 bits per heavy atom. The van der Waals surface area contributed by atoms with Gasteiger partial charge in [0.05, 0.1) is 6.54 Å². The number of H-pyrrole nitrogens is 1. The highest BCUT2D eigenvalue weighted by atomic mass is 35.5. The Bertz CT molecular complexity index is 1010. The predicted molar refractivity (Wildman–Crippen MR) is 90.4 cm³/mol. The summed E-state index contributed by atoms with van der Waals surface area (Å²) in [6, 6.07) is 5.97. The van der Waals surface area contributed by atoms with E-state index < -0.39 is 31.1 Å². The molecule has 3 aromatic rings. The molecule has 9 nitrogen and oxygen atoms in total. The van der Waals surface area contributed by atoms with Gasteiger partial charge in [0.1, 0.15) is 19.0 Å². The number of rotatable bonds is 6. The molecule has 0 spiro atoms. The van der Waals surface area contributed by atoms with Crippen LogP contribution in [-0.4, -0.2) is 52.0 Å². The summed E-state index contributed by atoms with van der Waals surface area (Å²) in [5, 5.41) is 29.1. The molecule has 1 aromatic carbocycles. The van der Waals surface area contributed by atoms with Gasteiger partial charge in [0.15, 0.2) is 17.8 Å². The molecule has 0 unspecified atom stereocenters. The zero-order valence-electron chi connectivity index (χ0n) is 14.1. The second-order valence-corrected chi connectivity index (χ2v) is 6.23. The molecule has 13 heteroatoms. The third-order valence-electron chi connectivity index (χ3n) is 3.78. The maximum atomic E-state index is 12.8. The van der Waals surface area contributed by atoms with Crippen molar-refractivity contribution in [3.8, 4) is 11.4 Å². The lowest BCUT2D eigenvalue weighted by Crippen LogP contribution is -2.37. The van der Waals surface area contributed by atoms with Crippen molar-refractivity contribution in [1.82, 2.24) is 29.5 Å². The van der Waals surface area contributed by atoms with Crippen molar-refractivity contribution in [3.05, 3.63) is 51.4 Å². The summed E-state index contributed by atoms with van der Waals surface area (Å²) in [4.78, 5) is 16.5. The number of aromatic amines is 1. The van der Waals surface area contributed by atoms with E-state index in [9.17, 15) is 23.1 Å². The Kier molecular flexibility index (Phi) is 5.54. The summed E-state index contributed by atoms with van der Waals surface area (Å²) in [5.74, 6) is 0.189. The van der Waals surface area contributed by atoms with Crippen LogP contribution in [-0.2, 0) is 19.7 Å². The smallest absolute Gasteiger partial charge is 0.388 e. The van der Waals surface area contributed by atoms with Crippen LogP contribution in [0.4, 0.5) is 13.2 Å². The number of hydrogen-bond acceptors (Lipinski definition) is 6. The van der Waals surface area contributed by atoms with E-state index >= 15 is 0 Å². The third-order valence-corrected chi connectivity index (χ3v) is 4.03. The van der Waals surface area contributed by atoms with Gasteiger partial charge in [-0.15, -0.1) is 5.10 Å². The molecule has 0 bridgehead atoms. The van der Waals surface area contributed by atoms with Gasteiger partial charge in [-0.3, -0.25) is 9.67 Å².